The SMILES string of the molecule is Cc1c(C(C)(F)F)nn(CC2(C)CCC(F)(F)C2)c1C(=O)N=c1ccn(O)c(C(N)=O)c1. The van der Waals surface area contributed by atoms with Crippen molar-refractivity contribution >= 4 is 11.8 Å². The first-order valence-corrected chi connectivity index (χ1v) is 9.76. The molecule has 12 heteroatoms. The number of carbonyl (C=O) groups excluding carboxylic acids is 2. The van der Waals surface area contributed by atoms with E-state index in [0.29, 0.717) is 11.7 Å². The summed E-state index contributed by atoms with van der Waals surface area (Å²) in [6.45, 7) is 3.33. The smallest absolute Gasteiger partial charge is 0.296 e. The predicted molar refractivity (Wildman–Crippen MR) is 103 cm³/mol. The lowest BCUT2D eigenvalue weighted by molar-refractivity contribution is -0.00489. The maximum atomic E-state index is 14.1. The quantitative estimate of drug-likeness (QED) is 0.530. The number of hydrogen-bond acceptors (Lipinski definition) is 4. The molecule has 3 rings (SSSR count). The van der Waals surface area contributed by atoms with Gasteiger partial charge in [0, 0.05) is 38.1 Å². The Kier molecular flexibility index (Phi) is 5.69. The molecule has 1 atom stereocenters. The summed E-state index contributed by atoms with van der Waals surface area (Å²) < 4.78 is 57.3. The fourth-order valence-electron chi connectivity index (χ4n) is 4.04. The first kappa shape index (κ1) is 23.5. The Labute approximate surface area is 180 Å². The Morgan fingerprint density at radius 3 is 2.53 bits per heavy atom. The molecule has 0 saturated heterocycles. The molecule has 1 aliphatic rings. The van der Waals surface area contributed by atoms with Crippen LogP contribution in [0.5, 0.6) is 0 Å². The largest absolute Gasteiger partial charge is 0.428 e. The minimum atomic E-state index is -3.38. The molecule has 32 heavy (non-hydrogen) atoms. The highest BCUT2D eigenvalue weighted by atomic mass is 19.3. The normalized spacial score (nSPS) is 21.2. The lowest BCUT2D eigenvalue weighted by Gasteiger charge is -2.24. The molecule has 0 spiro atoms. The van der Waals surface area contributed by atoms with Gasteiger partial charge in [-0.1, -0.05) is 6.92 Å². The number of nitrogens with zero attached hydrogens (tertiary/aromatic N) is 4. The molecule has 0 aliphatic heterocycles. The zero-order valence-corrected chi connectivity index (χ0v) is 17.7. The lowest BCUT2D eigenvalue weighted by atomic mass is 9.88. The number of rotatable bonds is 5. The Hall–Kier alpha value is -3.18. The van der Waals surface area contributed by atoms with E-state index in [1.165, 1.54) is 13.0 Å². The van der Waals surface area contributed by atoms with E-state index in [9.17, 15) is 32.4 Å². The highest BCUT2D eigenvalue weighted by Gasteiger charge is 2.47. The summed E-state index contributed by atoms with van der Waals surface area (Å²) >= 11 is 0. The molecule has 2 heterocycles. The van der Waals surface area contributed by atoms with Crippen molar-refractivity contribution < 1.29 is 32.4 Å². The second-order valence-electron chi connectivity index (χ2n) is 8.61. The van der Waals surface area contributed by atoms with Gasteiger partial charge in [0.05, 0.1) is 5.36 Å². The summed E-state index contributed by atoms with van der Waals surface area (Å²) in [7, 11) is 0. The van der Waals surface area contributed by atoms with Gasteiger partial charge in [-0.15, -0.1) is 0 Å². The molecule has 2 amide bonds. The number of pyridine rings is 1. The van der Waals surface area contributed by atoms with E-state index in [-0.39, 0.29) is 41.7 Å². The van der Waals surface area contributed by atoms with E-state index in [1.54, 1.807) is 6.92 Å². The van der Waals surface area contributed by atoms with Crippen molar-refractivity contribution in [1.82, 2.24) is 14.5 Å². The van der Waals surface area contributed by atoms with Crippen molar-refractivity contribution in [2.24, 2.45) is 16.1 Å². The monoisotopic (exact) mass is 457 g/mol. The van der Waals surface area contributed by atoms with Gasteiger partial charge < -0.3 is 10.9 Å². The van der Waals surface area contributed by atoms with Crippen LogP contribution in [0.3, 0.4) is 0 Å². The summed E-state index contributed by atoms with van der Waals surface area (Å²) in [5, 5.41) is 13.4. The average Bonchev–Trinajstić information content (AvgIpc) is 3.11. The maximum Gasteiger partial charge on any atom is 0.296 e. The van der Waals surface area contributed by atoms with Gasteiger partial charge >= 0.3 is 0 Å². The van der Waals surface area contributed by atoms with Gasteiger partial charge in [-0.3, -0.25) is 14.3 Å². The first-order chi connectivity index (χ1) is 14.6. The zero-order chi connectivity index (χ0) is 24.1. The summed E-state index contributed by atoms with van der Waals surface area (Å²) in [5.74, 6) is -8.19. The Bertz CT molecular complexity index is 1150. The summed E-state index contributed by atoms with van der Waals surface area (Å²) in [4.78, 5) is 28.2. The molecule has 1 saturated carbocycles. The molecule has 2 aromatic rings. The van der Waals surface area contributed by atoms with Crippen LogP contribution in [0.2, 0.25) is 0 Å². The van der Waals surface area contributed by atoms with Crippen molar-refractivity contribution in [3.05, 3.63) is 46.3 Å². The van der Waals surface area contributed by atoms with E-state index in [2.05, 4.69) is 10.1 Å². The number of nitrogens with two attached hydrogens (primary N) is 1. The van der Waals surface area contributed by atoms with Crippen LogP contribution in [0.25, 0.3) is 0 Å². The number of primary amides is 1. The van der Waals surface area contributed by atoms with Crippen molar-refractivity contribution in [2.45, 2.75) is 58.4 Å². The molecular weight excluding hydrogens is 434 g/mol. The van der Waals surface area contributed by atoms with Gasteiger partial charge in [-0.25, -0.2) is 13.8 Å². The first-order valence-electron chi connectivity index (χ1n) is 9.76. The van der Waals surface area contributed by atoms with Crippen LogP contribution in [0, 0.1) is 12.3 Å². The summed E-state index contributed by atoms with van der Waals surface area (Å²) in [6.07, 6.45) is 0.371. The number of hydrogen-bond donors (Lipinski definition) is 2. The average molecular weight is 457 g/mol. The van der Waals surface area contributed by atoms with Crippen molar-refractivity contribution in [2.75, 3.05) is 0 Å². The minimum Gasteiger partial charge on any atom is -0.428 e. The number of halogens is 4. The van der Waals surface area contributed by atoms with Crippen LogP contribution in [-0.4, -0.2) is 37.5 Å². The van der Waals surface area contributed by atoms with Crippen molar-refractivity contribution in [1.29, 1.82) is 0 Å². The van der Waals surface area contributed by atoms with Crippen LogP contribution in [0.15, 0.2) is 23.3 Å². The number of amides is 2. The van der Waals surface area contributed by atoms with Crippen LogP contribution >= 0.6 is 0 Å². The molecule has 2 aromatic heterocycles. The fourth-order valence-corrected chi connectivity index (χ4v) is 4.04. The predicted octanol–water partition coefficient (Wildman–Crippen LogP) is 3.01. The molecule has 1 aliphatic carbocycles. The van der Waals surface area contributed by atoms with Crippen LogP contribution in [-0.2, 0) is 12.5 Å². The Morgan fingerprint density at radius 1 is 1.34 bits per heavy atom. The van der Waals surface area contributed by atoms with Crippen molar-refractivity contribution in [3.63, 3.8) is 0 Å². The van der Waals surface area contributed by atoms with E-state index in [0.717, 1.165) is 16.9 Å². The van der Waals surface area contributed by atoms with Gasteiger partial charge in [0.15, 0.2) is 0 Å². The van der Waals surface area contributed by atoms with Crippen LogP contribution in [0.4, 0.5) is 17.6 Å². The van der Waals surface area contributed by atoms with Gasteiger partial charge in [-0.2, -0.15) is 18.6 Å². The van der Waals surface area contributed by atoms with Gasteiger partial charge in [0.2, 0.25) is 5.92 Å². The van der Waals surface area contributed by atoms with E-state index < -0.39 is 41.2 Å². The summed E-state index contributed by atoms with van der Waals surface area (Å²) in [6, 6.07) is 2.25. The molecule has 1 unspecified atom stereocenters. The van der Waals surface area contributed by atoms with Crippen LogP contribution in [0.1, 0.15) is 65.3 Å². The highest BCUT2D eigenvalue weighted by molar-refractivity contribution is 5.95. The minimum absolute atomic E-state index is 0.0651. The number of alkyl halides is 4. The molecule has 174 valence electrons. The Balaban J connectivity index is 2.09. The lowest BCUT2D eigenvalue weighted by Crippen LogP contribution is -2.26. The van der Waals surface area contributed by atoms with Gasteiger partial charge in [0.25, 0.3) is 17.7 Å². The van der Waals surface area contributed by atoms with E-state index in [1.807, 2.05) is 0 Å². The topological polar surface area (TPSA) is 116 Å². The highest BCUT2D eigenvalue weighted by Crippen LogP contribution is 2.48. The number of aromatic nitrogens is 3. The third-order valence-corrected chi connectivity index (χ3v) is 5.52. The van der Waals surface area contributed by atoms with Gasteiger partial charge in [0.1, 0.15) is 17.1 Å². The fraction of sp³-hybridized carbons (Fsp3) is 0.500. The summed E-state index contributed by atoms with van der Waals surface area (Å²) in [5.41, 5.74) is 2.80. The molecule has 3 N–H and O–H groups in total. The molecule has 0 bridgehead atoms. The third kappa shape index (κ3) is 4.68. The second kappa shape index (κ2) is 7.75. The third-order valence-electron chi connectivity index (χ3n) is 5.52. The molecule has 0 radical (unpaired) electrons. The second-order valence-corrected chi connectivity index (χ2v) is 8.61. The molecular formula is C20H23F4N5O3. The molecule has 8 nitrogen and oxygen atoms in total. The zero-order valence-electron chi connectivity index (χ0n) is 17.7. The molecule has 1 fully saturated rings. The van der Waals surface area contributed by atoms with Crippen molar-refractivity contribution in [3.8, 4) is 0 Å². The molecule has 0 aromatic carbocycles. The van der Waals surface area contributed by atoms with E-state index >= 15 is 0 Å². The van der Waals surface area contributed by atoms with Gasteiger partial charge in [-0.05, 0) is 30.9 Å². The Morgan fingerprint density at radius 2 is 2.00 bits per heavy atom. The van der Waals surface area contributed by atoms with E-state index in [4.69, 9.17) is 5.73 Å². The number of carbonyl (C=O) groups is 2. The standard InChI is InChI=1S/C20H23F4N5O3/c1-11-14(17(31)26-12-4-7-29(32)13(8-12)16(25)30)28(27-15(11)19(3,21)22)10-18(2)5-6-20(23,24)9-18/h4,7-8,32H,5-6,9-10H2,1-3H3,(H2,25,30). The van der Waals surface area contributed by atoms with Crippen LogP contribution < -0.4 is 11.1 Å². The maximum absolute atomic E-state index is 14.1.